The van der Waals surface area contributed by atoms with Gasteiger partial charge in [-0.05, 0) is 54.2 Å². The molecule has 1 N–H and O–H groups in total. The van der Waals surface area contributed by atoms with E-state index < -0.39 is 23.3 Å². The van der Waals surface area contributed by atoms with E-state index in [2.05, 4.69) is 10.2 Å². The van der Waals surface area contributed by atoms with E-state index in [9.17, 15) is 19.2 Å². The number of amides is 4. The topological polar surface area (TPSA) is 101 Å². The van der Waals surface area contributed by atoms with Crippen molar-refractivity contribution in [1.82, 2.24) is 14.8 Å². The fraction of sp³-hybridized carbons (Fsp3) is 0.375. The van der Waals surface area contributed by atoms with Crippen LogP contribution < -0.4 is 20.5 Å². The molecule has 4 heterocycles. The number of aromatic nitrogens is 1. The molecule has 1 aromatic heterocycles. The van der Waals surface area contributed by atoms with Crippen LogP contribution in [0.5, 0.6) is 5.75 Å². The van der Waals surface area contributed by atoms with Gasteiger partial charge in [-0.15, -0.1) is 0 Å². The van der Waals surface area contributed by atoms with Gasteiger partial charge in [0.25, 0.3) is 11.5 Å². The number of fused-ring (bicyclic) bond motifs is 4. The van der Waals surface area contributed by atoms with Crippen LogP contribution in [0.25, 0.3) is 0 Å². The van der Waals surface area contributed by atoms with Gasteiger partial charge in [-0.1, -0.05) is 43.3 Å². The molecule has 41 heavy (non-hydrogen) atoms. The molecule has 3 aliphatic heterocycles. The number of hydrogen-bond acceptors (Lipinski definition) is 6. The molecule has 0 aliphatic carbocycles. The Morgan fingerprint density at radius 2 is 1.71 bits per heavy atom. The third kappa shape index (κ3) is 4.74. The fourth-order valence-corrected chi connectivity index (χ4v) is 6.82. The van der Waals surface area contributed by atoms with Gasteiger partial charge >= 0.3 is 6.03 Å². The van der Waals surface area contributed by atoms with Crippen molar-refractivity contribution < 1.29 is 19.1 Å². The number of pyridine rings is 1. The van der Waals surface area contributed by atoms with Crippen LogP contribution in [0, 0.1) is 11.3 Å². The Morgan fingerprint density at radius 3 is 2.46 bits per heavy atom. The Balaban J connectivity index is 1.39. The van der Waals surface area contributed by atoms with Crippen LogP contribution in [-0.2, 0) is 29.0 Å². The summed E-state index contributed by atoms with van der Waals surface area (Å²) < 4.78 is 7.45. The zero-order valence-corrected chi connectivity index (χ0v) is 23.3. The molecule has 0 spiro atoms. The first-order valence-electron chi connectivity index (χ1n) is 14.2. The van der Waals surface area contributed by atoms with Gasteiger partial charge in [-0.3, -0.25) is 19.7 Å². The number of urea groups is 1. The number of carbonyl (C=O) groups excluding carboxylic acids is 3. The van der Waals surface area contributed by atoms with Crippen LogP contribution in [-0.4, -0.2) is 54.1 Å². The minimum Gasteiger partial charge on any atom is -0.496 e. The Labute approximate surface area is 238 Å². The van der Waals surface area contributed by atoms with Gasteiger partial charge in [0.15, 0.2) is 0 Å². The maximum absolute atomic E-state index is 14.5. The van der Waals surface area contributed by atoms with Gasteiger partial charge in [0, 0.05) is 50.3 Å². The number of benzene rings is 2. The molecule has 0 unspecified atom stereocenters. The minimum absolute atomic E-state index is 0.00312. The second-order valence-electron chi connectivity index (χ2n) is 11.4. The predicted molar refractivity (Wildman–Crippen MR) is 154 cm³/mol. The number of methoxy groups -OCH3 is 1. The number of nitrogens with one attached hydrogen (secondary N) is 1. The van der Waals surface area contributed by atoms with E-state index in [1.807, 2.05) is 47.9 Å². The molecule has 2 fully saturated rings. The number of ether oxygens (including phenoxy) is 1. The van der Waals surface area contributed by atoms with Crippen molar-refractivity contribution in [2.75, 3.05) is 31.6 Å². The molecular formula is C32H34N4O5. The molecule has 2 aromatic carbocycles. The number of piperidine rings is 1. The number of anilines is 1. The molecule has 212 valence electrons. The number of hydrogen-bond donors (Lipinski definition) is 1. The van der Waals surface area contributed by atoms with Gasteiger partial charge in [-0.25, -0.2) is 9.69 Å². The smallest absolute Gasteiger partial charge is 0.335 e. The van der Waals surface area contributed by atoms with Crippen LogP contribution in [0.3, 0.4) is 0 Å². The molecule has 3 atom stereocenters. The van der Waals surface area contributed by atoms with Crippen molar-refractivity contribution in [3.8, 4) is 5.75 Å². The predicted octanol–water partition coefficient (Wildman–Crippen LogP) is 3.35. The van der Waals surface area contributed by atoms with Crippen molar-refractivity contribution >= 4 is 23.5 Å². The van der Waals surface area contributed by atoms with Crippen molar-refractivity contribution in [3.63, 3.8) is 0 Å². The van der Waals surface area contributed by atoms with Gasteiger partial charge in [0.05, 0.1) is 12.8 Å². The maximum Gasteiger partial charge on any atom is 0.335 e. The lowest BCUT2D eigenvalue weighted by Gasteiger charge is -2.47. The Morgan fingerprint density at radius 1 is 0.927 bits per heavy atom. The van der Waals surface area contributed by atoms with E-state index >= 15 is 0 Å². The van der Waals surface area contributed by atoms with Gasteiger partial charge in [0.1, 0.15) is 11.2 Å². The van der Waals surface area contributed by atoms with Crippen LogP contribution in [0.1, 0.15) is 36.1 Å². The number of likely N-dealkylation sites (tertiary alicyclic amines) is 1. The second-order valence-corrected chi connectivity index (χ2v) is 11.4. The third-order valence-electron chi connectivity index (χ3n) is 8.81. The SMILES string of the molecule is CCc1ccc(N2C(=O)NC(=O)[C@](Cc3ccccc3OC)(CN3C[C@H]4C[C@H](C3)c3cccc(=O)n3C4)C2=O)cc1. The van der Waals surface area contributed by atoms with Crippen LogP contribution in [0.2, 0.25) is 0 Å². The summed E-state index contributed by atoms with van der Waals surface area (Å²) in [6.45, 7) is 4.03. The van der Waals surface area contributed by atoms with Crippen molar-refractivity contribution in [2.45, 2.75) is 38.6 Å². The van der Waals surface area contributed by atoms with Crippen molar-refractivity contribution in [1.29, 1.82) is 0 Å². The lowest BCUT2D eigenvalue weighted by atomic mass is 9.75. The number of imide groups is 2. The molecule has 2 bridgehead atoms. The maximum atomic E-state index is 14.5. The van der Waals surface area contributed by atoms with Gasteiger partial charge in [0.2, 0.25) is 5.91 Å². The third-order valence-corrected chi connectivity index (χ3v) is 8.81. The number of carbonyl (C=O) groups is 3. The number of nitrogens with zero attached hydrogens (tertiary/aromatic N) is 3. The van der Waals surface area contributed by atoms with E-state index in [1.54, 1.807) is 37.4 Å². The van der Waals surface area contributed by atoms with E-state index in [0.717, 1.165) is 29.0 Å². The lowest BCUT2D eigenvalue weighted by Crippen LogP contribution is -2.68. The van der Waals surface area contributed by atoms with Crippen LogP contribution in [0.15, 0.2) is 71.5 Å². The summed E-state index contributed by atoms with van der Waals surface area (Å²) in [6, 6.07) is 19.3. The Kier molecular flexibility index (Phi) is 6.99. The highest BCUT2D eigenvalue weighted by Crippen LogP contribution is 2.40. The molecule has 0 saturated carbocycles. The molecule has 9 heteroatoms. The van der Waals surface area contributed by atoms with Crippen molar-refractivity contribution in [3.05, 3.63) is 93.9 Å². The minimum atomic E-state index is -1.58. The standard InChI is InChI=1S/C32H34N4O5/c1-3-21-11-13-25(14-12-21)36-30(39)32(29(38)33-31(36)40,16-23-7-4-5-9-27(23)41-2)20-34-17-22-15-24(19-34)26-8-6-10-28(37)35(26)18-22/h4-14,22,24H,3,15-20H2,1-2H3,(H,33,38,40)/t22-,24-,32+/m1/s1. The molecule has 9 nitrogen and oxygen atoms in total. The summed E-state index contributed by atoms with van der Waals surface area (Å²) in [5, 5.41) is 2.51. The summed E-state index contributed by atoms with van der Waals surface area (Å²) >= 11 is 0. The van der Waals surface area contributed by atoms with Gasteiger partial charge < -0.3 is 14.2 Å². The summed E-state index contributed by atoms with van der Waals surface area (Å²) in [4.78, 5) is 57.4. The first-order valence-corrected chi connectivity index (χ1v) is 14.2. The average Bonchev–Trinajstić information content (AvgIpc) is 2.97. The number of rotatable bonds is 7. The highest BCUT2D eigenvalue weighted by Gasteiger charge is 2.56. The van der Waals surface area contributed by atoms with Gasteiger partial charge in [-0.2, -0.15) is 0 Å². The van der Waals surface area contributed by atoms with E-state index in [1.165, 1.54) is 0 Å². The molecule has 3 aliphatic rings. The monoisotopic (exact) mass is 554 g/mol. The average molecular weight is 555 g/mol. The van der Waals surface area contributed by atoms with Crippen LogP contribution >= 0.6 is 0 Å². The highest BCUT2D eigenvalue weighted by molar-refractivity contribution is 6.30. The first-order chi connectivity index (χ1) is 19.8. The summed E-state index contributed by atoms with van der Waals surface area (Å²) in [5.74, 6) is -0.250. The van der Waals surface area contributed by atoms with E-state index in [-0.39, 0.29) is 30.4 Å². The highest BCUT2D eigenvalue weighted by atomic mass is 16.5. The normalized spacial score (nSPS) is 24.1. The summed E-state index contributed by atoms with van der Waals surface area (Å²) in [5.41, 5.74) is 1.63. The number of aryl methyl sites for hydroxylation is 1. The zero-order chi connectivity index (χ0) is 28.7. The summed E-state index contributed by atoms with van der Waals surface area (Å²) in [6.07, 6.45) is 1.84. The fourth-order valence-electron chi connectivity index (χ4n) is 6.82. The molecule has 0 radical (unpaired) electrons. The molecule has 3 aromatic rings. The van der Waals surface area contributed by atoms with Crippen LogP contribution in [0.4, 0.5) is 10.5 Å². The second kappa shape index (κ2) is 10.6. The van der Waals surface area contributed by atoms with E-state index in [0.29, 0.717) is 36.6 Å². The van der Waals surface area contributed by atoms with E-state index in [4.69, 9.17) is 4.74 Å². The zero-order valence-electron chi connectivity index (χ0n) is 23.3. The first kappa shape index (κ1) is 27.0. The lowest BCUT2D eigenvalue weighted by molar-refractivity contribution is -0.144. The Hall–Kier alpha value is -4.24. The number of barbiturate groups is 1. The molecule has 2 saturated heterocycles. The number of para-hydroxylation sites is 1. The molecule has 4 amide bonds. The Bertz CT molecular complexity index is 1560. The quantitative estimate of drug-likeness (QED) is 0.450. The van der Waals surface area contributed by atoms with Crippen molar-refractivity contribution in [2.24, 2.45) is 11.3 Å². The molecular weight excluding hydrogens is 520 g/mol. The molecule has 6 rings (SSSR count). The summed E-state index contributed by atoms with van der Waals surface area (Å²) in [7, 11) is 1.56. The largest absolute Gasteiger partial charge is 0.496 e.